The molecule has 1 saturated carbocycles. The average molecular weight is 716 g/mol. The molecule has 0 bridgehead atoms. The number of fused-ring (bicyclic) bond motifs is 18. The fourth-order valence-electron chi connectivity index (χ4n) is 11.4. The van der Waals surface area contributed by atoms with Gasteiger partial charge in [-0.15, -0.1) is 0 Å². The molecule has 2 aromatic heterocycles. The Kier molecular flexibility index (Phi) is 6.27. The van der Waals surface area contributed by atoms with E-state index in [2.05, 4.69) is 180 Å². The summed E-state index contributed by atoms with van der Waals surface area (Å²) in [5.74, 6) is 2.00. The molecule has 13 rings (SSSR count). The number of benzene rings is 8. The average Bonchev–Trinajstić information content (AvgIpc) is 3.81. The molecular weight excluding hydrogens is 679 g/mol. The lowest BCUT2D eigenvalue weighted by molar-refractivity contribution is 0.303. The number of para-hydroxylation sites is 3. The lowest BCUT2D eigenvalue weighted by Crippen LogP contribution is -2.32. The topological polar surface area (TPSA) is 18.1 Å². The van der Waals surface area contributed by atoms with Crippen molar-refractivity contribution in [2.75, 3.05) is 0 Å². The zero-order valence-corrected chi connectivity index (χ0v) is 30.8. The van der Waals surface area contributed by atoms with Crippen molar-refractivity contribution >= 4 is 43.7 Å². The molecule has 0 radical (unpaired) electrons. The SMILES string of the molecule is c1ccc2c(c1)-c1ccccc1C1CC3c4ccc(-c5cccc6c5oc5ccc(-n7c8ccccc8c8ccccc87)cc56)cc4-c4ccccc4C3CC21. The predicted molar refractivity (Wildman–Crippen MR) is 231 cm³/mol. The predicted octanol–water partition coefficient (Wildman–Crippen LogP) is 14.5. The highest BCUT2D eigenvalue weighted by molar-refractivity contribution is 6.12. The Balaban J connectivity index is 0.941. The second-order valence-corrected chi connectivity index (χ2v) is 16.3. The van der Waals surface area contributed by atoms with Crippen LogP contribution in [0.2, 0.25) is 0 Å². The zero-order valence-electron chi connectivity index (χ0n) is 30.8. The third-order valence-electron chi connectivity index (χ3n) is 13.7. The van der Waals surface area contributed by atoms with E-state index in [4.69, 9.17) is 4.42 Å². The van der Waals surface area contributed by atoms with Gasteiger partial charge in [-0.2, -0.15) is 0 Å². The zero-order chi connectivity index (χ0) is 36.5. The van der Waals surface area contributed by atoms with Crippen LogP contribution in [0, 0.1) is 0 Å². The van der Waals surface area contributed by atoms with E-state index in [1.165, 1.54) is 78.3 Å². The quantitative estimate of drug-likeness (QED) is 0.174. The summed E-state index contributed by atoms with van der Waals surface area (Å²) in [6.45, 7) is 0. The Morgan fingerprint density at radius 1 is 0.375 bits per heavy atom. The Hall–Kier alpha value is -6.64. The van der Waals surface area contributed by atoms with Crippen LogP contribution in [0.4, 0.5) is 0 Å². The largest absolute Gasteiger partial charge is 0.455 e. The van der Waals surface area contributed by atoms with Crippen molar-refractivity contribution in [2.45, 2.75) is 36.5 Å². The Morgan fingerprint density at radius 2 is 0.875 bits per heavy atom. The normalized spacial score (nSPS) is 19.3. The molecular formula is C54H37NO. The second kappa shape index (κ2) is 11.4. The van der Waals surface area contributed by atoms with Crippen molar-refractivity contribution in [2.24, 2.45) is 0 Å². The van der Waals surface area contributed by atoms with Gasteiger partial charge < -0.3 is 8.98 Å². The number of hydrogen-bond acceptors (Lipinski definition) is 1. The van der Waals surface area contributed by atoms with Gasteiger partial charge in [0.15, 0.2) is 0 Å². The fraction of sp³-hybridized carbons (Fsp3) is 0.111. The van der Waals surface area contributed by atoms with Crippen LogP contribution in [-0.4, -0.2) is 4.57 Å². The van der Waals surface area contributed by atoms with Gasteiger partial charge in [0.25, 0.3) is 0 Å². The smallest absolute Gasteiger partial charge is 0.143 e. The summed E-state index contributed by atoms with van der Waals surface area (Å²) in [5.41, 5.74) is 19.5. The molecule has 0 saturated heterocycles. The molecule has 2 nitrogen and oxygen atoms in total. The van der Waals surface area contributed by atoms with Gasteiger partial charge in [0.05, 0.1) is 11.0 Å². The summed E-state index contributed by atoms with van der Waals surface area (Å²) in [6.07, 6.45) is 2.34. The molecule has 4 atom stereocenters. The van der Waals surface area contributed by atoms with Gasteiger partial charge in [0.2, 0.25) is 0 Å². The molecule has 10 aromatic rings. The van der Waals surface area contributed by atoms with Gasteiger partial charge in [-0.3, -0.25) is 0 Å². The molecule has 2 heteroatoms. The maximum atomic E-state index is 6.80. The first-order chi connectivity index (χ1) is 27.8. The highest BCUT2D eigenvalue weighted by atomic mass is 16.3. The van der Waals surface area contributed by atoms with E-state index in [-0.39, 0.29) is 0 Å². The molecule has 0 spiro atoms. The standard InChI is InChI=1S/C54H37NO/c1-3-14-37-35(12-1)36-13-2-4-15-38(36)47-31-49-41-26-24-32(28-45(41)39-16-5-6-17-40(39)48(49)30-46(37)47)34-20-11-21-44-50-29-33(25-27-53(50)56-54(34)44)55-51-22-9-7-18-42(51)43-19-8-10-23-52(43)55/h1-29,46-49H,30-31H2. The minimum atomic E-state index is 0.467. The van der Waals surface area contributed by atoms with Gasteiger partial charge in [-0.25, -0.2) is 0 Å². The van der Waals surface area contributed by atoms with Crippen molar-refractivity contribution in [3.05, 3.63) is 198 Å². The summed E-state index contributed by atoms with van der Waals surface area (Å²) < 4.78 is 9.18. The van der Waals surface area contributed by atoms with Crippen molar-refractivity contribution in [3.63, 3.8) is 0 Å². The van der Waals surface area contributed by atoms with Crippen LogP contribution in [0.15, 0.2) is 180 Å². The first-order valence-electron chi connectivity index (χ1n) is 20.1. The molecule has 3 aliphatic carbocycles. The van der Waals surface area contributed by atoms with E-state index in [9.17, 15) is 0 Å². The van der Waals surface area contributed by atoms with Gasteiger partial charge in [0, 0.05) is 32.8 Å². The van der Waals surface area contributed by atoms with E-state index in [0.29, 0.717) is 23.7 Å². The van der Waals surface area contributed by atoms with Crippen molar-refractivity contribution < 1.29 is 4.42 Å². The molecule has 264 valence electrons. The molecule has 3 aliphatic rings. The number of hydrogen-bond donors (Lipinski definition) is 0. The summed E-state index contributed by atoms with van der Waals surface area (Å²) in [4.78, 5) is 0. The summed E-state index contributed by atoms with van der Waals surface area (Å²) in [7, 11) is 0. The minimum Gasteiger partial charge on any atom is -0.455 e. The fourth-order valence-corrected chi connectivity index (χ4v) is 11.4. The van der Waals surface area contributed by atoms with Crippen molar-refractivity contribution in [3.8, 4) is 39.1 Å². The van der Waals surface area contributed by atoms with E-state index < -0.39 is 0 Å². The van der Waals surface area contributed by atoms with Gasteiger partial charge in [0.1, 0.15) is 11.2 Å². The van der Waals surface area contributed by atoms with Crippen molar-refractivity contribution in [1.82, 2.24) is 4.57 Å². The van der Waals surface area contributed by atoms with E-state index in [1.54, 1.807) is 0 Å². The third kappa shape index (κ3) is 4.16. The van der Waals surface area contributed by atoms with Gasteiger partial charge in [-0.05, 0) is 123 Å². The monoisotopic (exact) mass is 715 g/mol. The first-order valence-corrected chi connectivity index (χ1v) is 20.1. The maximum Gasteiger partial charge on any atom is 0.143 e. The Labute approximate surface area is 325 Å². The molecule has 1 fully saturated rings. The lowest BCUT2D eigenvalue weighted by atomic mass is 9.55. The van der Waals surface area contributed by atoms with Crippen molar-refractivity contribution in [1.29, 1.82) is 0 Å². The van der Waals surface area contributed by atoms with E-state index in [1.807, 2.05) is 0 Å². The van der Waals surface area contributed by atoms with E-state index in [0.717, 1.165) is 39.6 Å². The molecule has 56 heavy (non-hydrogen) atoms. The number of nitrogens with zero attached hydrogens (tertiary/aromatic N) is 1. The molecule has 0 aliphatic heterocycles. The molecule has 4 unspecified atom stereocenters. The van der Waals surface area contributed by atoms with Crippen LogP contribution in [0.25, 0.3) is 82.8 Å². The van der Waals surface area contributed by atoms with Gasteiger partial charge in [-0.1, -0.05) is 140 Å². The Morgan fingerprint density at radius 3 is 1.50 bits per heavy atom. The maximum absolute atomic E-state index is 6.80. The first kappa shape index (κ1) is 30.7. The number of aromatic nitrogens is 1. The molecule has 8 aromatic carbocycles. The summed E-state index contributed by atoms with van der Waals surface area (Å²) in [6, 6.07) is 65.7. The molecule has 0 amide bonds. The third-order valence-corrected chi connectivity index (χ3v) is 13.7. The number of furan rings is 1. The van der Waals surface area contributed by atoms with Crippen LogP contribution < -0.4 is 0 Å². The highest BCUT2D eigenvalue weighted by Crippen LogP contribution is 2.63. The van der Waals surface area contributed by atoms with Gasteiger partial charge >= 0.3 is 0 Å². The highest BCUT2D eigenvalue weighted by Gasteiger charge is 2.46. The van der Waals surface area contributed by atoms with Crippen LogP contribution in [0.5, 0.6) is 0 Å². The van der Waals surface area contributed by atoms with Crippen LogP contribution in [0.3, 0.4) is 0 Å². The Bertz CT molecular complexity index is 3200. The molecule has 2 heterocycles. The van der Waals surface area contributed by atoms with E-state index >= 15 is 0 Å². The number of rotatable bonds is 2. The molecule has 0 N–H and O–H groups in total. The lowest BCUT2D eigenvalue weighted by Gasteiger charge is -2.48. The van der Waals surface area contributed by atoms with Crippen LogP contribution in [0.1, 0.15) is 58.8 Å². The van der Waals surface area contributed by atoms with Crippen LogP contribution >= 0.6 is 0 Å². The summed E-state index contributed by atoms with van der Waals surface area (Å²) in [5, 5.41) is 4.82. The minimum absolute atomic E-state index is 0.467. The summed E-state index contributed by atoms with van der Waals surface area (Å²) >= 11 is 0. The second-order valence-electron chi connectivity index (χ2n) is 16.3. The van der Waals surface area contributed by atoms with Crippen LogP contribution in [-0.2, 0) is 0 Å².